The van der Waals surface area contributed by atoms with E-state index < -0.39 is 10.1 Å². The van der Waals surface area contributed by atoms with Gasteiger partial charge in [-0.3, -0.25) is 9.54 Å². The third-order valence-electron chi connectivity index (χ3n) is 3.69. The zero-order valence-corrected chi connectivity index (χ0v) is 14.7. The molecule has 1 aromatic heterocycles. The molecule has 0 spiro atoms. The van der Waals surface area contributed by atoms with Crippen LogP contribution in [0.5, 0.6) is 5.75 Å². The van der Waals surface area contributed by atoms with Crippen LogP contribution in [0.15, 0.2) is 78.0 Å². The van der Waals surface area contributed by atoms with Gasteiger partial charge in [-0.1, -0.05) is 30.3 Å². The molecule has 0 amide bonds. The fourth-order valence-corrected chi connectivity index (χ4v) is 3.23. The maximum absolute atomic E-state index is 11.6. The number of aromatic nitrogens is 1. The van der Waals surface area contributed by atoms with Crippen LogP contribution in [0.3, 0.4) is 0 Å². The number of hydrogen-bond acceptors (Lipinski definition) is 5. The topological polar surface area (TPSA) is 88.5 Å². The predicted molar refractivity (Wildman–Crippen MR) is 99.9 cm³/mol. The van der Waals surface area contributed by atoms with E-state index in [-0.39, 0.29) is 4.90 Å². The van der Waals surface area contributed by atoms with Crippen molar-refractivity contribution in [2.75, 3.05) is 18.5 Å². The first-order chi connectivity index (χ1) is 12.5. The monoisotopic (exact) mass is 370 g/mol. The lowest BCUT2D eigenvalue weighted by Gasteiger charge is -2.11. The second kappa shape index (κ2) is 7.99. The maximum Gasteiger partial charge on any atom is 0.295 e. The Morgan fingerprint density at radius 2 is 1.77 bits per heavy atom. The molecule has 2 aromatic carbocycles. The van der Waals surface area contributed by atoms with Gasteiger partial charge in [0.05, 0.1) is 0 Å². The van der Waals surface area contributed by atoms with Crippen LogP contribution in [0.2, 0.25) is 0 Å². The van der Waals surface area contributed by atoms with Crippen LogP contribution in [0, 0.1) is 0 Å². The SMILES string of the molecule is O=S(=O)(O)c1ccccc1-c1cccc(OCCNc2ccncc2)c1. The van der Waals surface area contributed by atoms with Crippen molar-refractivity contribution < 1.29 is 17.7 Å². The van der Waals surface area contributed by atoms with Gasteiger partial charge >= 0.3 is 0 Å². The van der Waals surface area contributed by atoms with Crippen molar-refractivity contribution in [3.63, 3.8) is 0 Å². The summed E-state index contributed by atoms with van der Waals surface area (Å²) in [6.07, 6.45) is 3.42. The van der Waals surface area contributed by atoms with E-state index >= 15 is 0 Å². The summed E-state index contributed by atoms with van der Waals surface area (Å²) >= 11 is 0. The molecule has 0 fully saturated rings. The molecule has 1 heterocycles. The predicted octanol–water partition coefficient (Wildman–Crippen LogP) is 3.49. The van der Waals surface area contributed by atoms with Gasteiger partial charge in [-0.05, 0) is 35.9 Å². The first-order valence-electron chi connectivity index (χ1n) is 7.98. The lowest BCUT2D eigenvalue weighted by atomic mass is 10.1. The smallest absolute Gasteiger partial charge is 0.295 e. The summed E-state index contributed by atoms with van der Waals surface area (Å²) in [6.45, 7) is 1.04. The Morgan fingerprint density at radius 3 is 2.54 bits per heavy atom. The molecule has 7 heteroatoms. The Balaban J connectivity index is 1.69. The minimum absolute atomic E-state index is 0.128. The third-order valence-corrected chi connectivity index (χ3v) is 4.60. The zero-order valence-electron chi connectivity index (χ0n) is 13.9. The number of nitrogens with zero attached hydrogens (tertiary/aromatic N) is 1. The second-order valence-corrected chi connectivity index (χ2v) is 6.90. The normalized spacial score (nSPS) is 11.1. The van der Waals surface area contributed by atoms with Crippen molar-refractivity contribution in [2.45, 2.75) is 4.90 Å². The van der Waals surface area contributed by atoms with Gasteiger partial charge in [-0.2, -0.15) is 8.42 Å². The highest BCUT2D eigenvalue weighted by atomic mass is 32.2. The van der Waals surface area contributed by atoms with Crippen LogP contribution in [-0.4, -0.2) is 31.1 Å². The summed E-state index contributed by atoms with van der Waals surface area (Å²) in [5, 5.41) is 3.21. The van der Waals surface area contributed by atoms with Crippen LogP contribution < -0.4 is 10.1 Å². The lowest BCUT2D eigenvalue weighted by Crippen LogP contribution is -2.11. The van der Waals surface area contributed by atoms with Gasteiger partial charge in [-0.15, -0.1) is 0 Å². The highest BCUT2D eigenvalue weighted by molar-refractivity contribution is 7.86. The summed E-state index contributed by atoms with van der Waals surface area (Å²) in [5.41, 5.74) is 2.03. The van der Waals surface area contributed by atoms with E-state index in [1.165, 1.54) is 6.07 Å². The second-order valence-electron chi connectivity index (χ2n) is 5.51. The van der Waals surface area contributed by atoms with E-state index in [1.54, 1.807) is 54.9 Å². The number of anilines is 1. The molecule has 0 unspecified atom stereocenters. The van der Waals surface area contributed by atoms with E-state index in [9.17, 15) is 13.0 Å². The minimum Gasteiger partial charge on any atom is -0.492 e. The highest BCUT2D eigenvalue weighted by Gasteiger charge is 2.16. The standard InChI is InChI=1S/C19H18N2O4S/c22-26(23,24)19-7-2-1-6-18(19)15-4-3-5-17(14-15)25-13-12-21-16-8-10-20-11-9-16/h1-11,14H,12-13H2,(H,20,21)(H,22,23,24). The average molecular weight is 370 g/mol. The average Bonchev–Trinajstić information content (AvgIpc) is 2.66. The Kier molecular flexibility index (Phi) is 5.50. The van der Waals surface area contributed by atoms with Gasteiger partial charge < -0.3 is 10.1 Å². The molecule has 0 bridgehead atoms. The first kappa shape index (κ1) is 17.9. The number of nitrogens with one attached hydrogen (secondary N) is 1. The number of ether oxygens (including phenoxy) is 1. The summed E-state index contributed by atoms with van der Waals surface area (Å²) < 4.78 is 38.3. The first-order valence-corrected chi connectivity index (χ1v) is 9.42. The van der Waals surface area contributed by atoms with E-state index in [0.29, 0.717) is 30.0 Å². The Morgan fingerprint density at radius 1 is 1.00 bits per heavy atom. The van der Waals surface area contributed by atoms with Crippen LogP contribution >= 0.6 is 0 Å². The zero-order chi connectivity index (χ0) is 18.4. The third kappa shape index (κ3) is 4.59. The van der Waals surface area contributed by atoms with Gasteiger partial charge in [0.25, 0.3) is 10.1 Å². The number of pyridine rings is 1. The minimum atomic E-state index is -4.30. The molecule has 0 aliphatic carbocycles. The van der Waals surface area contributed by atoms with Gasteiger partial charge in [-0.25, -0.2) is 0 Å². The van der Waals surface area contributed by atoms with Gasteiger partial charge in [0.1, 0.15) is 17.3 Å². The van der Waals surface area contributed by atoms with Crippen molar-refractivity contribution in [3.8, 4) is 16.9 Å². The Hall–Kier alpha value is -2.90. The fourth-order valence-electron chi connectivity index (χ4n) is 2.52. The van der Waals surface area contributed by atoms with Gasteiger partial charge in [0.15, 0.2) is 0 Å². The number of benzene rings is 2. The van der Waals surface area contributed by atoms with E-state index in [0.717, 1.165) is 5.69 Å². The van der Waals surface area contributed by atoms with Crippen molar-refractivity contribution in [3.05, 3.63) is 73.1 Å². The van der Waals surface area contributed by atoms with Crippen molar-refractivity contribution in [1.29, 1.82) is 0 Å². The molecule has 6 nitrogen and oxygen atoms in total. The van der Waals surface area contributed by atoms with E-state index in [4.69, 9.17) is 4.74 Å². The van der Waals surface area contributed by atoms with Crippen molar-refractivity contribution in [2.24, 2.45) is 0 Å². The van der Waals surface area contributed by atoms with Crippen LogP contribution in [0.25, 0.3) is 11.1 Å². The summed E-state index contributed by atoms with van der Waals surface area (Å²) in [5.74, 6) is 0.615. The molecule has 3 rings (SSSR count). The van der Waals surface area contributed by atoms with Crippen LogP contribution in [0.4, 0.5) is 5.69 Å². The van der Waals surface area contributed by atoms with E-state index in [1.807, 2.05) is 12.1 Å². The molecule has 0 radical (unpaired) electrons. The molecule has 0 atom stereocenters. The van der Waals surface area contributed by atoms with Gasteiger partial charge in [0.2, 0.25) is 0 Å². The molecular formula is C19H18N2O4S. The molecular weight excluding hydrogens is 352 g/mol. The summed E-state index contributed by atoms with van der Waals surface area (Å²) in [6, 6.07) is 17.1. The highest BCUT2D eigenvalue weighted by Crippen LogP contribution is 2.29. The molecule has 2 N–H and O–H groups in total. The molecule has 0 aliphatic heterocycles. The molecule has 3 aromatic rings. The number of rotatable bonds is 7. The fraction of sp³-hybridized carbons (Fsp3) is 0.105. The lowest BCUT2D eigenvalue weighted by molar-refractivity contribution is 0.333. The quantitative estimate of drug-likeness (QED) is 0.489. The number of hydrogen-bond donors (Lipinski definition) is 2. The van der Waals surface area contributed by atoms with E-state index in [2.05, 4.69) is 10.3 Å². The van der Waals surface area contributed by atoms with Crippen LogP contribution in [-0.2, 0) is 10.1 Å². The maximum atomic E-state index is 11.6. The van der Waals surface area contributed by atoms with Crippen LogP contribution in [0.1, 0.15) is 0 Å². The molecule has 0 aliphatic rings. The Bertz CT molecular complexity index is 976. The molecule has 0 saturated heterocycles. The largest absolute Gasteiger partial charge is 0.492 e. The molecule has 0 saturated carbocycles. The summed E-state index contributed by atoms with van der Waals surface area (Å²) in [4.78, 5) is 3.82. The van der Waals surface area contributed by atoms with Gasteiger partial charge in [0, 0.05) is 30.2 Å². The molecule has 26 heavy (non-hydrogen) atoms. The Labute approximate surface area is 152 Å². The van der Waals surface area contributed by atoms with Crippen molar-refractivity contribution >= 4 is 15.8 Å². The summed E-state index contributed by atoms with van der Waals surface area (Å²) in [7, 11) is -4.30. The van der Waals surface area contributed by atoms with Crippen molar-refractivity contribution in [1.82, 2.24) is 4.98 Å². The molecule has 134 valence electrons.